The smallest absolute Gasteiger partial charge is 0.253 e. The molecule has 106 valence electrons. The fourth-order valence-electron chi connectivity index (χ4n) is 1.78. The highest BCUT2D eigenvalue weighted by atomic mass is 16.3. The van der Waals surface area contributed by atoms with Gasteiger partial charge in [0.1, 0.15) is 5.69 Å². The number of carbonyl (C=O) groups is 1. The van der Waals surface area contributed by atoms with Gasteiger partial charge in [0.15, 0.2) is 5.76 Å². The molecule has 0 unspecified atom stereocenters. The van der Waals surface area contributed by atoms with Crippen LogP contribution in [0.1, 0.15) is 29.9 Å². The maximum Gasteiger partial charge on any atom is 0.253 e. The number of pyridine rings is 1. The van der Waals surface area contributed by atoms with E-state index in [1.807, 2.05) is 6.07 Å². The molecule has 0 saturated carbocycles. The fraction of sp³-hybridized carbons (Fsp3) is 0.333. The van der Waals surface area contributed by atoms with Crippen LogP contribution in [0.2, 0.25) is 0 Å². The summed E-state index contributed by atoms with van der Waals surface area (Å²) < 4.78 is 5.28. The van der Waals surface area contributed by atoms with Gasteiger partial charge in [0.25, 0.3) is 5.91 Å². The number of furan rings is 1. The zero-order chi connectivity index (χ0) is 14.8. The van der Waals surface area contributed by atoms with Crippen LogP contribution >= 0.6 is 0 Å². The molecule has 2 heterocycles. The Morgan fingerprint density at radius 1 is 1.40 bits per heavy atom. The molecule has 2 aromatic heterocycles. The molecule has 0 aliphatic carbocycles. The molecule has 20 heavy (non-hydrogen) atoms. The van der Waals surface area contributed by atoms with E-state index in [0.717, 1.165) is 0 Å². The maximum atomic E-state index is 12.2. The van der Waals surface area contributed by atoms with Gasteiger partial charge in [-0.15, -0.1) is 0 Å². The first-order valence-corrected chi connectivity index (χ1v) is 6.38. The summed E-state index contributed by atoms with van der Waals surface area (Å²) in [6, 6.07) is 7.06. The molecule has 2 aromatic rings. The molecule has 0 radical (unpaired) electrons. The van der Waals surface area contributed by atoms with Gasteiger partial charge in [-0.2, -0.15) is 0 Å². The van der Waals surface area contributed by atoms with Crippen LogP contribution in [-0.4, -0.2) is 28.1 Å². The average Bonchev–Trinajstić information content (AvgIpc) is 2.91. The maximum absolute atomic E-state index is 12.2. The largest absolute Gasteiger partial charge is 0.463 e. The van der Waals surface area contributed by atoms with Crippen LogP contribution < -0.4 is 5.32 Å². The van der Waals surface area contributed by atoms with E-state index in [1.54, 1.807) is 45.2 Å². The predicted octanol–water partition coefficient (Wildman–Crippen LogP) is 2.15. The highest BCUT2D eigenvalue weighted by molar-refractivity contribution is 5.95. The normalized spacial score (nSPS) is 11.4. The Labute approximate surface area is 117 Å². The zero-order valence-corrected chi connectivity index (χ0v) is 11.8. The van der Waals surface area contributed by atoms with E-state index in [-0.39, 0.29) is 12.5 Å². The van der Waals surface area contributed by atoms with Crippen molar-refractivity contribution in [2.45, 2.75) is 26.3 Å². The van der Waals surface area contributed by atoms with Gasteiger partial charge in [-0.25, -0.2) is 4.98 Å². The molecule has 0 fully saturated rings. The third-order valence-electron chi connectivity index (χ3n) is 2.95. The Kier molecular flexibility index (Phi) is 3.90. The van der Waals surface area contributed by atoms with E-state index >= 15 is 0 Å². The molecule has 2 N–H and O–H groups in total. The molecule has 0 aromatic carbocycles. The summed E-state index contributed by atoms with van der Waals surface area (Å²) in [7, 11) is 0. The van der Waals surface area contributed by atoms with Crippen molar-refractivity contribution in [1.82, 2.24) is 10.3 Å². The van der Waals surface area contributed by atoms with E-state index in [4.69, 9.17) is 4.42 Å². The van der Waals surface area contributed by atoms with Gasteiger partial charge in [-0.1, -0.05) is 0 Å². The molecule has 0 aliphatic heterocycles. The summed E-state index contributed by atoms with van der Waals surface area (Å²) in [5.74, 6) is 0.413. The zero-order valence-electron chi connectivity index (χ0n) is 11.8. The molecule has 0 atom stereocenters. The summed E-state index contributed by atoms with van der Waals surface area (Å²) in [5.41, 5.74) is 1.13. The predicted molar refractivity (Wildman–Crippen MR) is 75.3 cm³/mol. The van der Waals surface area contributed by atoms with Crippen molar-refractivity contribution in [1.29, 1.82) is 0 Å². The number of aliphatic hydroxyl groups is 1. The second-order valence-electron chi connectivity index (χ2n) is 5.30. The highest BCUT2D eigenvalue weighted by Gasteiger charge is 2.21. The van der Waals surface area contributed by atoms with Crippen molar-refractivity contribution < 1.29 is 14.3 Å². The summed E-state index contributed by atoms with van der Waals surface area (Å²) in [5, 5.41) is 12.0. The van der Waals surface area contributed by atoms with E-state index < -0.39 is 5.54 Å². The van der Waals surface area contributed by atoms with Crippen molar-refractivity contribution in [3.8, 4) is 11.5 Å². The lowest BCUT2D eigenvalue weighted by atomic mass is 10.1. The Balaban J connectivity index is 2.24. The number of aromatic nitrogens is 1. The highest BCUT2D eigenvalue weighted by Crippen LogP contribution is 2.19. The Bertz CT molecular complexity index is 604. The summed E-state index contributed by atoms with van der Waals surface area (Å²) in [4.78, 5) is 16.5. The fourth-order valence-corrected chi connectivity index (χ4v) is 1.78. The number of rotatable bonds is 4. The van der Waals surface area contributed by atoms with E-state index in [0.29, 0.717) is 22.7 Å². The summed E-state index contributed by atoms with van der Waals surface area (Å²) >= 11 is 0. The topological polar surface area (TPSA) is 75.4 Å². The van der Waals surface area contributed by atoms with Crippen molar-refractivity contribution in [3.05, 3.63) is 41.8 Å². The number of nitrogens with zero attached hydrogens (tertiary/aromatic N) is 1. The van der Waals surface area contributed by atoms with Gasteiger partial charge in [0, 0.05) is 0 Å². The molecular weight excluding hydrogens is 256 g/mol. The first-order valence-electron chi connectivity index (χ1n) is 6.38. The number of nitrogens with one attached hydrogen (secondary N) is 1. The van der Waals surface area contributed by atoms with Gasteiger partial charge in [0.05, 0.1) is 29.7 Å². The molecule has 0 bridgehead atoms. The Morgan fingerprint density at radius 3 is 2.70 bits per heavy atom. The van der Waals surface area contributed by atoms with Gasteiger partial charge < -0.3 is 14.8 Å². The number of aliphatic hydroxyl groups excluding tert-OH is 1. The molecule has 0 spiro atoms. The molecule has 0 aliphatic rings. The first-order chi connectivity index (χ1) is 9.43. The lowest BCUT2D eigenvalue weighted by Crippen LogP contribution is -2.46. The number of hydrogen-bond acceptors (Lipinski definition) is 4. The van der Waals surface area contributed by atoms with Gasteiger partial charge in [-0.3, -0.25) is 4.79 Å². The van der Waals surface area contributed by atoms with Crippen LogP contribution in [0.5, 0.6) is 0 Å². The van der Waals surface area contributed by atoms with E-state index in [1.165, 1.54) is 0 Å². The number of carbonyl (C=O) groups excluding carboxylic acids is 1. The minimum atomic E-state index is -0.663. The second-order valence-corrected chi connectivity index (χ2v) is 5.30. The molecular formula is C15H18N2O3. The number of amides is 1. The van der Waals surface area contributed by atoms with Crippen molar-refractivity contribution >= 4 is 5.91 Å². The summed E-state index contributed by atoms with van der Waals surface area (Å²) in [6.45, 7) is 5.15. The third-order valence-corrected chi connectivity index (χ3v) is 2.95. The molecule has 5 nitrogen and oxygen atoms in total. The number of aryl methyl sites for hydroxylation is 1. The van der Waals surface area contributed by atoms with E-state index in [2.05, 4.69) is 10.3 Å². The third kappa shape index (κ3) is 3.05. The van der Waals surface area contributed by atoms with E-state index in [9.17, 15) is 9.90 Å². The molecule has 2 rings (SSSR count). The van der Waals surface area contributed by atoms with Crippen LogP contribution in [-0.2, 0) is 0 Å². The minimum absolute atomic E-state index is 0.129. The number of hydrogen-bond donors (Lipinski definition) is 2. The van der Waals surface area contributed by atoms with Crippen LogP contribution in [0, 0.1) is 6.92 Å². The van der Waals surface area contributed by atoms with Crippen molar-refractivity contribution in [2.24, 2.45) is 0 Å². The minimum Gasteiger partial charge on any atom is -0.463 e. The average molecular weight is 274 g/mol. The Morgan fingerprint density at radius 2 is 2.15 bits per heavy atom. The molecule has 5 heteroatoms. The van der Waals surface area contributed by atoms with Crippen LogP contribution in [0.15, 0.2) is 34.9 Å². The Hall–Kier alpha value is -2.14. The first kappa shape index (κ1) is 14.3. The van der Waals surface area contributed by atoms with Crippen molar-refractivity contribution in [2.75, 3.05) is 6.61 Å². The van der Waals surface area contributed by atoms with Gasteiger partial charge in [-0.05, 0) is 45.0 Å². The van der Waals surface area contributed by atoms with Crippen LogP contribution in [0.3, 0.4) is 0 Å². The monoisotopic (exact) mass is 274 g/mol. The molecule has 0 saturated heterocycles. The van der Waals surface area contributed by atoms with Crippen LogP contribution in [0.25, 0.3) is 11.5 Å². The van der Waals surface area contributed by atoms with Gasteiger partial charge >= 0.3 is 0 Å². The van der Waals surface area contributed by atoms with Crippen molar-refractivity contribution in [3.63, 3.8) is 0 Å². The second kappa shape index (κ2) is 5.46. The standard InChI is InChI=1S/C15H18N2O3/c1-10-11(14(19)17-15(2,3)9-18)6-7-12(16-10)13-5-4-8-20-13/h4-8,18H,9H2,1-3H3,(H,17,19). The lowest BCUT2D eigenvalue weighted by molar-refractivity contribution is 0.0868. The quantitative estimate of drug-likeness (QED) is 0.895. The molecule has 1 amide bonds. The summed E-state index contributed by atoms with van der Waals surface area (Å²) in [6.07, 6.45) is 1.58. The van der Waals surface area contributed by atoms with Gasteiger partial charge in [0.2, 0.25) is 0 Å². The lowest BCUT2D eigenvalue weighted by Gasteiger charge is -2.23. The SMILES string of the molecule is Cc1nc(-c2ccco2)ccc1C(=O)NC(C)(C)CO. The van der Waals surface area contributed by atoms with Crippen LogP contribution in [0.4, 0.5) is 0 Å².